The van der Waals surface area contributed by atoms with E-state index in [2.05, 4.69) is 5.32 Å². The van der Waals surface area contributed by atoms with Crippen molar-refractivity contribution in [1.29, 1.82) is 5.41 Å². The van der Waals surface area contributed by atoms with Crippen molar-refractivity contribution < 1.29 is 4.79 Å². The Morgan fingerprint density at radius 1 is 1.78 bits per heavy atom. The van der Waals surface area contributed by atoms with Crippen LogP contribution in [0, 0.1) is 5.41 Å². The maximum atomic E-state index is 10.5. The summed E-state index contributed by atoms with van der Waals surface area (Å²) in [6.45, 7) is 1.75. The largest absolute Gasteiger partial charge is 0.306 e. The second-order valence-electron chi connectivity index (χ2n) is 1.43. The molecule has 4 heteroatoms. The summed E-state index contributed by atoms with van der Waals surface area (Å²) in [4.78, 5) is 10.5. The minimum atomic E-state index is -0.102. The fraction of sp³-hybridized carbons (Fsp3) is 0.600. The van der Waals surface area contributed by atoms with Crippen LogP contribution in [-0.2, 0) is 4.79 Å². The molecule has 0 heterocycles. The van der Waals surface area contributed by atoms with Gasteiger partial charge in [0.25, 0.3) is 0 Å². The Morgan fingerprint density at radius 2 is 2.33 bits per heavy atom. The molecular weight excluding hydrogens is 136 g/mol. The van der Waals surface area contributed by atoms with Gasteiger partial charge in [-0.25, -0.2) is 0 Å². The molecule has 1 amide bonds. The maximum Gasteiger partial charge on any atom is 0.225 e. The van der Waals surface area contributed by atoms with E-state index in [9.17, 15) is 4.79 Å². The first-order valence-corrected chi connectivity index (χ1v) is 3.85. The molecule has 0 fully saturated rings. The van der Waals surface area contributed by atoms with Gasteiger partial charge in [-0.3, -0.25) is 10.2 Å². The monoisotopic (exact) mass is 146 g/mol. The third-order valence-electron chi connectivity index (χ3n) is 0.778. The molecule has 52 valence electrons. The summed E-state index contributed by atoms with van der Waals surface area (Å²) < 4.78 is 0. The summed E-state index contributed by atoms with van der Waals surface area (Å²) in [7, 11) is 0. The van der Waals surface area contributed by atoms with Crippen molar-refractivity contribution in [2.45, 2.75) is 13.3 Å². The van der Waals surface area contributed by atoms with Crippen LogP contribution in [0.4, 0.5) is 0 Å². The van der Waals surface area contributed by atoms with Crippen LogP contribution in [0.3, 0.4) is 0 Å². The van der Waals surface area contributed by atoms with E-state index in [0.717, 1.165) is 0 Å². The Hall–Kier alpha value is -0.510. The van der Waals surface area contributed by atoms with Gasteiger partial charge in [-0.1, -0.05) is 18.7 Å². The highest BCUT2D eigenvalue weighted by molar-refractivity contribution is 8.13. The molecule has 0 aromatic carbocycles. The van der Waals surface area contributed by atoms with Crippen LogP contribution in [-0.4, -0.2) is 17.3 Å². The molecule has 0 aromatic heterocycles. The van der Waals surface area contributed by atoms with Crippen molar-refractivity contribution in [3.63, 3.8) is 0 Å². The number of rotatable bonds is 1. The summed E-state index contributed by atoms with van der Waals surface area (Å²) in [5.41, 5.74) is 0. The third kappa shape index (κ3) is 4.02. The summed E-state index contributed by atoms with van der Waals surface area (Å²) in [6.07, 6.45) is 2.18. The van der Waals surface area contributed by atoms with E-state index in [1.54, 1.807) is 13.2 Å². The Balaban J connectivity index is 3.47. The van der Waals surface area contributed by atoms with Gasteiger partial charge in [-0.05, 0) is 6.26 Å². The molecule has 0 aliphatic heterocycles. The Bertz CT molecular complexity index is 110. The SMILES string of the molecule is CCC(=O)NC(=N)SC. The summed E-state index contributed by atoms with van der Waals surface area (Å²) in [5.74, 6) is -0.102. The predicted octanol–water partition coefficient (Wildman–Crippen LogP) is 0.810. The van der Waals surface area contributed by atoms with Crippen LogP contribution in [0.1, 0.15) is 13.3 Å². The van der Waals surface area contributed by atoms with Gasteiger partial charge in [0.2, 0.25) is 5.91 Å². The van der Waals surface area contributed by atoms with E-state index >= 15 is 0 Å². The van der Waals surface area contributed by atoms with Crippen LogP contribution in [0.25, 0.3) is 0 Å². The number of nitrogens with one attached hydrogen (secondary N) is 2. The molecular formula is C5H10N2OS. The highest BCUT2D eigenvalue weighted by Gasteiger charge is 1.97. The first-order valence-electron chi connectivity index (χ1n) is 2.63. The van der Waals surface area contributed by atoms with Gasteiger partial charge >= 0.3 is 0 Å². The van der Waals surface area contributed by atoms with E-state index in [-0.39, 0.29) is 11.1 Å². The molecule has 0 unspecified atom stereocenters. The molecule has 0 bridgehead atoms. The van der Waals surface area contributed by atoms with Crippen LogP contribution in [0.2, 0.25) is 0 Å². The second kappa shape index (κ2) is 4.38. The lowest BCUT2D eigenvalue weighted by Gasteiger charge is -1.99. The van der Waals surface area contributed by atoms with E-state index in [1.165, 1.54) is 11.8 Å². The minimum Gasteiger partial charge on any atom is -0.306 e. The fourth-order valence-corrected chi connectivity index (χ4v) is 0.482. The second-order valence-corrected chi connectivity index (χ2v) is 2.25. The third-order valence-corrected chi connectivity index (χ3v) is 1.29. The molecule has 0 saturated carbocycles. The number of carbonyl (C=O) groups excluding carboxylic acids is 1. The molecule has 0 spiro atoms. The fourth-order valence-electron chi connectivity index (χ4n) is 0.266. The molecule has 0 aliphatic rings. The topological polar surface area (TPSA) is 53.0 Å². The maximum absolute atomic E-state index is 10.5. The minimum absolute atomic E-state index is 0.102. The molecule has 0 atom stereocenters. The van der Waals surface area contributed by atoms with Gasteiger partial charge in [-0.2, -0.15) is 0 Å². The van der Waals surface area contributed by atoms with Gasteiger partial charge in [0, 0.05) is 6.42 Å². The van der Waals surface area contributed by atoms with Gasteiger partial charge in [0.05, 0.1) is 0 Å². The van der Waals surface area contributed by atoms with E-state index in [4.69, 9.17) is 5.41 Å². The highest BCUT2D eigenvalue weighted by Crippen LogP contribution is 1.90. The number of hydrogen-bond donors (Lipinski definition) is 2. The standard InChI is InChI=1S/C5H10N2OS/c1-3-4(8)7-5(6)9-2/h3H2,1-2H3,(H2,6,7,8). The molecule has 0 saturated heterocycles. The average Bonchev–Trinajstić information content (AvgIpc) is 1.87. The van der Waals surface area contributed by atoms with Crippen molar-refractivity contribution in [2.75, 3.05) is 6.26 Å². The van der Waals surface area contributed by atoms with E-state index in [0.29, 0.717) is 6.42 Å². The van der Waals surface area contributed by atoms with E-state index in [1.807, 2.05) is 0 Å². The van der Waals surface area contributed by atoms with Crippen molar-refractivity contribution in [1.82, 2.24) is 5.32 Å². The molecule has 2 N–H and O–H groups in total. The molecule has 9 heavy (non-hydrogen) atoms. The first kappa shape index (κ1) is 8.49. The zero-order valence-electron chi connectivity index (χ0n) is 5.52. The van der Waals surface area contributed by atoms with Gasteiger partial charge in [0.15, 0.2) is 5.17 Å². The van der Waals surface area contributed by atoms with E-state index < -0.39 is 0 Å². The Labute approximate surface area is 58.7 Å². The van der Waals surface area contributed by atoms with Crippen LogP contribution < -0.4 is 5.32 Å². The van der Waals surface area contributed by atoms with Crippen molar-refractivity contribution in [3.8, 4) is 0 Å². The molecule has 0 aliphatic carbocycles. The van der Waals surface area contributed by atoms with Crippen LogP contribution in [0.5, 0.6) is 0 Å². The van der Waals surface area contributed by atoms with Gasteiger partial charge < -0.3 is 5.32 Å². The molecule has 0 rings (SSSR count). The zero-order valence-corrected chi connectivity index (χ0v) is 6.34. The number of amidine groups is 1. The molecule has 0 aromatic rings. The zero-order chi connectivity index (χ0) is 7.28. The molecule has 3 nitrogen and oxygen atoms in total. The first-order chi connectivity index (χ1) is 4.20. The predicted molar refractivity (Wildman–Crippen MR) is 39.7 cm³/mol. The Kier molecular flexibility index (Phi) is 4.13. The lowest BCUT2D eigenvalue weighted by atomic mass is 10.5. The molecule has 0 radical (unpaired) electrons. The number of carbonyl (C=O) groups is 1. The highest BCUT2D eigenvalue weighted by atomic mass is 32.2. The smallest absolute Gasteiger partial charge is 0.225 e. The average molecular weight is 146 g/mol. The summed E-state index contributed by atoms with van der Waals surface area (Å²) in [6, 6.07) is 0. The number of thioether (sulfide) groups is 1. The number of hydrogen-bond acceptors (Lipinski definition) is 3. The Morgan fingerprint density at radius 3 is 2.67 bits per heavy atom. The normalized spacial score (nSPS) is 8.67. The summed E-state index contributed by atoms with van der Waals surface area (Å²) in [5, 5.41) is 9.60. The van der Waals surface area contributed by atoms with Crippen molar-refractivity contribution in [3.05, 3.63) is 0 Å². The lowest BCUT2D eigenvalue weighted by molar-refractivity contribution is -0.119. The van der Waals surface area contributed by atoms with Crippen molar-refractivity contribution in [2.24, 2.45) is 0 Å². The van der Waals surface area contributed by atoms with Crippen LogP contribution >= 0.6 is 11.8 Å². The lowest BCUT2D eigenvalue weighted by Crippen LogP contribution is -2.26. The van der Waals surface area contributed by atoms with Crippen LogP contribution in [0.15, 0.2) is 0 Å². The quantitative estimate of drug-likeness (QED) is 0.425. The van der Waals surface area contributed by atoms with Crippen molar-refractivity contribution >= 4 is 22.8 Å². The number of amides is 1. The summed E-state index contributed by atoms with van der Waals surface area (Å²) >= 11 is 1.22. The van der Waals surface area contributed by atoms with Gasteiger partial charge in [-0.15, -0.1) is 0 Å². The van der Waals surface area contributed by atoms with Gasteiger partial charge in [0.1, 0.15) is 0 Å².